The largest absolute Gasteiger partial charge is 0.469 e. The van der Waals surface area contributed by atoms with Gasteiger partial charge in [0.2, 0.25) is 0 Å². The van der Waals surface area contributed by atoms with Crippen LogP contribution < -0.4 is 0 Å². The van der Waals surface area contributed by atoms with Crippen LogP contribution in [0.4, 0.5) is 13.2 Å². The standard InChI is InChI=1S/C10H16F3NO2/c1-16-9(15)4-6-14-5-2-3-8(7-14)10(11,12)13/h8H,2-7H2,1H3. The number of piperidine rings is 1. The summed E-state index contributed by atoms with van der Waals surface area (Å²) in [6.45, 7) is 0.976. The van der Waals surface area contributed by atoms with Gasteiger partial charge in [0.05, 0.1) is 19.4 Å². The molecule has 0 N–H and O–H groups in total. The molecule has 0 aromatic carbocycles. The molecule has 0 aromatic rings. The summed E-state index contributed by atoms with van der Waals surface area (Å²) < 4.78 is 41.8. The van der Waals surface area contributed by atoms with Gasteiger partial charge in [0.1, 0.15) is 0 Å². The van der Waals surface area contributed by atoms with Gasteiger partial charge in [-0.1, -0.05) is 0 Å². The Morgan fingerprint density at radius 1 is 1.50 bits per heavy atom. The fourth-order valence-corrected chi connectivity index (χ4v) is 1.88. The van der Waals surface area contributed by atoms with Crippen molar-refractivity contribution in [2.24, 2.45) is 5.92 Å². The Morgan fingerprint density at radius 3 is 2.75 bits per heavy atom. The van der Waals surface area contributed by atoms with E-state index in [0.29, 0.717) is 19.5 Å². The van der Waals surface area contributed by atoms with Gasteiger partial charge in [-0.15, -0.1) is 0 Å². The average molecular weight is 239 g/mol. The number of carbonyl (C=O) groups excluding carboxylic acids is 1. The van der Waals surface area contributed by atoms with Crippen LogP contribution >= 0.6 is 0 Å². The first-order valence-corrected chi connectivity index (χ1v) is 5.29. The first kappa shape index (κ1) is 13.3. The molecule has 94 valence electrons. The van der Waals surface area contributed by atoms with Crippen molar-refractivity contribution < 1.29 is 22.7 Å². The lowest BCUT2D eigenvalue weighted by Gasteiger charge is -2.33. The summed E-state index contributed by atoms with van der Waals surface area (Å²) in [7, 11) is 1.27. The van der Waals surface area contributed by atoms with Crippen LogP contribution in [-0.4, -0.2) is 43.8 Å². The second kappa shape index (κ2) is 5.52. The molecule has 0 aliphatic carbocycles. The maximum absolute atomic E-state index is 12.5. The molecule has 0 saturated carbocycles. The van der Waals surface area contributed by atoms with E-state index in [-0.39, 0.29) is 25.4 Å². The summed E-state index contributed by atoms with van der Waals surface area (Å²) in [5.74, 6) is -1.63. The molecule has 0 spiro atoms. The first-order valence-electron chi connectivity index (χ1n) is 5.29. The number of halogens is 3. The summed E-state index contributed by atoms with van der Waals surface area (Å²) >= 11 is 0. The van der Waals surface area contributed by atoms with Crippen molar-refractivity contribution in [1.29, 1.82) is 0 Å². The van der Waals surface area contributed by atoms with Gasteiger partial charge in [-0.25, -0.2) is 0 Å². The molecule has 1 fully saturated rings. The molecule has 0 radical (unpaired) electrons. The van der Waals surface area contributed by atoms with Gasteiger partial charge in [-0.3, -0.25) is 4.79 Å². The lowest BCUT2D eigenvalue weighted by Crippen LogP contribution is -2.42. The van der Waals surface area contributed by atoms with Crippen molar-refractivity contribution >= 4 is 5.97 Å². The van der Waals surface area contributed by atoms with Gasteiger partial charge >= 0.3 is 12.1 Å². The highest BCUT2D eigenvalue weighted by Crippen LogP contribution is 2.32. The highest BCUT2D eigenvalue weighted by atomic mass is 19.4. The fourth-order valence-electron chi connectivity index (χ4n) is 1.88. The van der Waals surface area contributed by atoms with Crippen molar-refractivity contribution in [3.63, 3.8) is 0 Å². The highest BCUT2D eigenvalue weighted by Gasteiger charge is 2.41. The maximum atomic E-state index is 12.5. The van der Waals surface area contributed by atoms with Crippen molar-refractivity contribution in [3.05, 3.63) is 0 Å². The van der Waals surface area contributed by atoms with E-state index in [1.165, 1.54) is 7.11 Å². The Kier molecular flexibility index (Phi) is 4.58. The Morgan fingerprint density at radius 2 is 2.19 bits per heavy atom. The summed E-state index contributed by atoms with van der Waals surface area (Å²) in [6.07, 6.45) is -3.24. The molecule has 1 aliphatic rings. The third-order valence-corrected chi connectivity index (χ3v) is 2.83. The van der Waals surface area contributed by atoms with Crippen LogP contribution in [0, 0.1) is 5.92 Å². The van der Waals surface area contributed by atoms with Gasteiger partial charge in [-0.05, 0) is 19.4 Å². The normalized spacial score (nSPS) is 23.1. The summed E-state index contributed by atoms with van der Waals surface area (Å²) in [6, 6.07) is 0. The third kappa shape index (κ3) is 4.00. The van der Waals surface area contributed by atoms with E-state index in [4.69, 9.17) is 0 Å². The van der Waals surface area contributed by atoms with Crippen molar-refractivity contribution in [2.75, 3.05) is 26.7 Å². The Bertz CT molecular complexity index is 243. The van der Waals surface area contributed by atoms with E-state index < -0.39 is 12.1 Å². The molecular weight excluding hydrogens is 223 g/mol. The molecule has 1 rings (SSSR count). The molecule has 1 unspecified atom stereocenters. The molecule has 0 aromatic heterocycles. The second-order valence-corrected chi connectivity index (χ2v) is 4.01. The molecule has 3 nitrogen and oxygen atoms in total. The zero-order valence-corrected chi connectivity index (χ0v) is 9.22. The molecule has 0 bridgehead atoms. The quantitative estimate of drug-likeness (QED) is 0.704. The summed E-state index contributed by atoms with van der Waals surface area (Å²) in [5, 5.41) is 0. The molecule has 0 amide bonds. The number of alkyl halides is 3. The number of likely N-dealkylation sites (tertiary alicyclic amines) is 1. The van der Waals surface area contributed by atoms with E-state index in [1.54, 1.807) is 4.90 Å². The van der Waals surface area contributed by atoms with Crippen LogP contribution in [0.2, 0.25) is 0 Å². The topological polar surface area (TPSA) is 29.5 Å². The van der Waals surface area contributed by atoms with Gasteiger partial charge in [0.25, 0.3) is 0 Å². The predicted molar refractivity (Wildman–Crippen MR) is 51.9 cm³/mol. The van der Waals surface area contributed by atoms with Crippen molar-refractivity contribution in [3.8, 4) is 0 Å². The van der Waals surface area contributed by atoms with Gasteiger partial charge in [0.15, 0.2) is 0 Å². The van der Waals surface area contributed by atoms with E-state index in [0.717, 1.165) is 0 Å². The Balaban J connectivity index is 2.36. The minimum Gasteiger partial charge on any atom is -0.469 e. The maximum Gasteiger partial charge on any atom is 0.393 e. The molecule has 1 saturated heterocycles. The number of carbonyl (C=O) groups is 1. The lowest BCUT2D eigenvalue weighted by atomic mass is 9.97. The number of hydrogen-bond donors (Lipinski definition) is 0. The van der Waals surface area contributed by atoms with Crippen LogP contribution in [0.25, 0.3) is 0 Å². The molecule has 1 atom stereocenters. The van der Waals surface area contributed by atoms with E-state index in [9.17, 15) is 18.0 Å². The molecular formula is C10H16F3NO2. The number of ether oxygens (including phenoxy) is 1. The number of rotatable bonds is 3. The number of esters is 1. The van der Waals surface area contributed by atoms with Crippen LogP contribution in [0.3, 0.4) is 0 Å². The third-order valence-electron chi connectivity index (χ3n) is 2.83. The van der Waals surface area contributed by atoms with Crippen molar-refractivity contribution in [1.82, 2.24) is 4.90 Å². The SMILES string of the molecule is COC(=O)CCN1CCCC(C(F)(F)F)C1. The first-order chi connectivity index (χ1) is 7.43. The summed E-state index contributed by atoms with van der Waals surface area (Å²) in [5.41, 5.74) is 0. The van der Waals surface area contributed by atoms with Crippen LogP contribution in [0.15, 0.2) is 0 Å². The number of nitrogens with zero attached hydrogens (tertiary/aromatic N) is 1. The lowest BCUT2D eigenvalue weighted by molar-refractivity contribution is -0.186. The fraction of sp³-hybridized carbons (Fsp3) is 0.900. The predicted octanol–water partition coefficient (Wildman–Crippen LogP) is 1.82. The molecule has 16 heavy (non-hydrogen) atoms. The van der Waals surface area contributed by atoms with Crippen LogP contribution in [0.5, 0.6) is 0 Å². The molecule has 1 heterocycles. The smallest absolute Gasteiger partial charge is 0.393 e. The second-order valence-electron chi connectivity index (χ2n) is 4.01. The highest BCUT2D eigenvalue weighted by molar-refractivity contribution is 5.69. The minimum atomic E-state index is -4.12. The van der Waals surface area contributed by atoms with Gasteiger partial charge in [0, 0.05) is 13.1 Å². The molecule has 1 aliphatic heterocycles. The van der Waals surface area contributed by atoms with Crippen LogP contribution in [0.1, 0.15) is 19.3 Å². The summed E-state index contributed by atoms with van der Waals surface area (Å²) in [4.78, 5) is 12.5. The molecule has 6 heteroatoms. The zero-order chi connectivity index (χ0) is 12.2. The zero-order valence-electron chi connectivity index (χ0n) is 9.22. The van der Waals surface area contributed by atoms with E-state index >= 15 is 0 Å². The Hall–Kier alpha value is -0.780. The monoisotopic (exact) mass is 239 g/mol. The average Bonchev–Trinajstić information content (AvgIpc) is 2.25. The van der Waals surface area contributed by atoms with E-state index in [1.807, 2.05) is 0 Å². The number of hydrogen-bond acceptors (Lipinski definition) is 3. The Labute approximate surface area is 92.5 Å². The van der Waals surface area contributed by atoms with Crippen LogP contribution in [-0.2, 0) is 9.53 Å². The minimum absolute atomic E-state index is 0.000490. The van der Waals surface area contributed by atoms with Crippen molar-refractivity contribution in [2.45, 2.75) is 25.4 Å². The van der Waals surface area contributed by atoms with Gasteiger partial charge in [-0.2, -0.15) is 13.2 Å². The van der Waals surface area contributed by atoms with Gasteiger partial charge < -0.3 is 9.64 Å². The number of methoxy groups -OCH3 is 1. The van der Waals surface area contributed by atoms with E-state index in [2.05, 4.69) is 4.74 Å².